The van der Waals surface area contributed by atoms with Crippen LogP contribution in [0.5, 0.6) is 0 Å². The molecule has 0 saturated carbocycles. The Morgan fingerprint density at radius 3 is 2.85 bits per heavy atom. The number of nitrogens with two attached hydrogens (primary N) is 1. The van der Waals surface area contributed by atoms with Crippen LogP contribution < -0.4 is 5.73 Å². The van der Waals surface area contributed by atoms with Crippen molar-refractivity contribution in [3.63, 3.8) is 0 Å². The Balaban J connectivity index is 1.77. The van der Waals surface area contributed by atoms with Gasteiger partial charge in [-0.3, -0.25) is 4.90 Å². The van der Waals surface area contributed by atoms with Gasteiger partial charge in [0.2, 0.25) is 0 Å². The number of hydrogen-bond acceptors (Lipinski definition) is 3. The molecule has 2 aliphatic rings. The normalized spacial score (nSPS) is 31.6. The maximum absolute atomic E-state index is 5.58. The van der Waals surface area contributed by atoms with Crippen LogP contribution in [-0.2, 0) is 4.74 Å². The Bertz CT molecular complexity index is 157. The highest BCUT2D eigenvalue weighted by Crippen LogP contribution is 2.23. The van der Waals surface area contributed by atoms with E-state index in [2.05, 4.69) is 4.90 Å². The second-order valence-electron chi connectivity index (χ2n) is 4.27. The molecule has 1 atom stereocenters. The van der Waals surface area contributed by atoms with Gasteiger partial charge in [0.1, 0.15) is 0 Å². The zero-order valence-corrected chi connectivity index (χ0v) is 8.24. The molecule has 1 unspecified atom stereocenters. The Morgan fingerprint density at radius 1 is 1.38 bits per heavy atom. The van der Waals surface area contributed by atoms with E-state index in [-0.39, 0.29) is 0 Å². The molecule has 76 valence electrons. The molecule has 3 nitrogen and oxygen atoms in total. The Morgan fingerprint density at radius 2 is 2.23 bits per heavy atom. The SMILES string of the molecule is NCCC1CCCN(C2COC2)C1. The van der Waals surface area contributed by atoms with Crippen molar-refractivity contribution in [2.45, 2.75) is 25.3 Å². The summed E-state index contributed by atoms with van der Waals surface area (Å²) < 4.78 is 5.22. The van der Waals surface area contributed by atoms with Gasteiger partial charge in [-0.05, 0) is 38.3 Å². The zero-order valence-electron chi connectivity index (χ0n) is 8.24. The number of ether oxygens (including phenoxy) is 1. The topological polar surface area (TPSA) is 38.5 Å². The fraction of sp³-hybridized carbons (Fsp3) is 1.00. The van der Waals surface area contributed by atoms with Crippen LogP contribution in [0, 0.1) is 5.92 Å². The second-order valence-corrected chi connectivity index (χ2v) is 4.27. The van der Waals surface area contributed by atoms with Crippen molar-refractivity contribution in [3.8, 4) is 0 Å². The second kappa shape index (κ2) is 4.40. The molecule has 2 N–H and O–H groups in total. The van der Waals surface area contributed by atoms with Crippen molar-refractivity contribution in [2.75, 3.05) is 32.8 Å². The fourth-order valence-electron chi connectivity index (χ4n) is 2.33. The van der Waals surface area contributed by atoms with Crippen molar-refractivity contribution in [1.82, 2.24) is 4.90 Å². The molecule has 13 heavy (non-hydrogen) atoms. The van der Waals surface area contributed by atoms with Gasteiger partial charge in [-0.15, -0.1) is 0 Å². The summed E-state index contributed by atoms with van der Waals surface area (Å²) in [6, 6.07) is 0.723. The molecule has 0 spiro atoms. The smallest absolute Gasteiger partial charge is 0.0645 e. The Hall–Kier alpha value is -0.120. The van der Waals surface area contributed by atoms with E-state index >= 15 is 0 Å². The molecule has 2 saturated heterocycles. The first-order valence-electron chi connectivity index (χ1n) is 5.42. The molecule has 2 heterocycles. The average molecular weight is 184 g/mol. The fourth-order valence-corrected chi connectivity index (χ4v) is 2.33. The van der Waals surface area contributed by atoms with Gasteiger partial charge in [-0.1, -0.05) is 0 Å². The summed E-state index contributed by atoms with van der Waals surface area (Å²) >= 11 is 0. The summed E-state index contributed by atoms with van der Waals surface area (Å²) in [6.07, 6.45) is 3.92. The predicted octanol–water partition coefficient (Wildman–Crippen LogP) is 0.446. The van der Waals surface area contributed by atoms with Crippen LogP contribution >= 0.6 is 0 Å². The van der Waals surface area contributed by atoms with E-state index < -0.39 is 0 Å². The monoisotopic (exact) mass is 184 g/mol. The zero-order chi connectivity index (χ0) is 9.10. The maximum Gasteiger partial charge on any atom is 0.0645 e. The third-order valence-corrected chi connectivity index (χ3v) is 3.26. The molecular formula is C10H20N2O. The van der Waals surface area contributed by atoms with Gasteiger partial charge in [-0.2, -0.15) is 0 Å². The lowest BCUT2D eigenvalue weighted by atomic mass is 9.93. The molecule has 2 aliphatic heterocycles. The van der Waals surface area contributed by atoms with Crippen LogP contribution in [-0.4, -0.2) is 43.8 Å². The highest BCUT2D eigenvalue weighted by molar-refractivity contribution is 4.82. The van der Waals surface area contributed by atoms with Crippen LogP contribution in [0.1, 0.15) is 19.3 Å². The molecule has 0 amide bonds. The lowest BCUT2D eigenvalue weighted by molar-refractivity contribution is -0.0764. The van der Waals surface area contributed by atoms with Crippen LogP contribution in [0.2, 0.25) is 0 Å². The number of likely N-dealkylation sites (tertiary alicyclic amines) is 1. The van der Waals surface area contributed by atoms with Crippen LogP contribution in [0.4, 0.5) is 0 Å². The van der Waals surface area contributed by atoms with Crippen molar-refractivity contribution in [3.05, 3.63) is 0 Å². The molecule has 0 aromatic heterocycles. The highest BCUT2D eigenvalue weighted by atomic mass is 16.5. The van der Waals surface area contributed by atoms with Gasteiger partial charge >= 0.3 is 0 Å². The van der Waals surface area contributed by atoms with Crippen molar-refractivity contribution in [2.24, 2.45) is 11.7 Å². The third-order valence-electron chi connectivity index (χ3n) is 3.26. The highest BCUT2D eigenvalue weighted by Gasteiger charge is 2.29. The largest absolute Gasteiger partial charge is 0.378 e. The third kappa shape index (κ3) is 2.22. The lowest BCUT2D eigenvalue weighted by Gasteiger charge is -2.42. The van der Waals surface area contributed by atoms with Gasteiger partial charge in [0, 0.05) is 6.54 Å². The van der Waals surface area contributed by atoms with Crippen molar-refractivity contribution < 1.29 is 4.74 Å². The Labute approximate surface area is 80.2 Å². The lowest BCUT2D eigenvalue weighted by Crippen LogP contribution is -2.52. The van der Waals surface area contributed by atoms with Gasteiger partial charge < -0.3 is 10.5 Å². The number of nitrogens with zero attached hydrogens (tertiary/aromatic N) is 1. The predicted molar refractivity (Wildman–Crippen MR) is 52.6 cm³/mol. The minimum Gasteiger partial charge on any atom is -0.378 e. The van der Waals surface area contributed by atoms with Crippen molar-refractivity contribution >= 4 is 0 Å². The van der Waals surface area contributed by atoms with E-state index in [9.17, 15) is 0 Å². The van der Waals surface area contributed by atoms with E-state index in [0.717, 1.165) is 31.7 Å². The maximum atomic E-state index is 5.58. The average Bonchev–Trinajstić information content (AvgIpc) is 2.02. The van der Waals surface area contributed by atoms with Gasteiger partial charge in [0.25, 0.3) is 0 Å². The number of hydrogen-bond donors (Lipinski definition) is 1. The quantitative estimate of drug-likeness (QED) is 0.692. The molecule has 3 heteroatoms. The standard InChI is InChI=1S/C10H20N2O/c11-4-3-9-2-1-5-12(6-9)10-7-13-8-10/h9-10H,1-8,11H2. The van der Waals surface area contributed by atoms with Crippen LogP contribution in [0.3, 0.4) is 0 Å². The van der Waals surface area contributed by atoms with Crippen LogP contribution in [0.15, 0.2) is 0 Å². The minimum atomic E-state index is 0.723. The Kier molecular flexibility index (Phi) is 3.19. The first-order chi connectivity index (χ1) is 6.40. The van der Waals surface area contributed by atoms with E-state index in [1.165, 1.54) is 32.4 Å². The number of piperidine rings is 1. The summed E-state index contributed by atoms with van der Waals surface area (Å²) in [7, 11) is 0. The minimum absolute atomic E-state index is 0.723. The first kappa shape index (κ1) is 9.44. The molecule has 2 fully saturated rings. The summed E-state index contributed by atoms with van der Waals surface area (Å²) in [5.41, 5.74) is 5.58. The molecule has 0 radical (unpaired) electrons. The molecule has 0 bridgehead atoms. The van der Waals surface area contributed by atoms with Crippen LogP contribution in [0.25, 0.3) is 0 Å². The number of rotatable bonds is 3. The van der Waals surface area contributed by atoms with Crippen molar-refractivity contribution in [1.29, 1.82) is 0 Å². The molecular weight excluding hydrogens is 164 g/mol. The molecule has 0 aromatic rings. The van der Waals surface area contributed by atoms with E-state index in [0.29, 0.717) is 0 Å². The first-order valence-corrected chi connectivity index (χ1v) is 5.42. The summed E-state index contributed by atoms with van der Waals surface area (Å²) in [4.78, 5) is 2.59. The summed E-state index contributed by atoms with van der Waals surface area (Å²) in [5, 5.41) is 0. The van der Waals surface area contributed by atoms with E-state index in [1.807, 2.05) is 0 Å². The molecule has 0 aromatic carbocycles. The summed E-state index contributed by atoms with van der Waals surface area (Å²) in [5.74, 6) is 0.847. The van der Waals surface area contributed by atoms with E-state index in [1.54, 1.807) is 0 Å². The van der Waals surface area contributed by atoms with Gasteiger partial charge in [-0.25, -0.2) is 0 Å². The summed E-state index contributed by atoms with van der Waals surface area (Å²) in [6.45, 7) is 5.28. The molecule has 2 rings (SSSR count). The van der Waals surface area contributed by atoms with E-state index in [4.69, 9.17) is 10.5 Å². The van der Waals surface area contributed by atoms with Gasteiger partial charge in [0.05, 0.1) is 19.3 Å². The van der Waals surface area contributed by atoms with Gasteiger partial charge in [0.15, 0.2) is 0 Å². The molecule has 0 aliphatic carbocycles.